The van der Waals surface area contributed by atoms with Gasteiger partial charge in [0, 0.05) is 23.1 Å². The summed E-state index contributed by atoms with van der Waals surface area (Å²) < 4.78 is 5.78. The first-order valence-corrected chi connectivity index (χ1v) is 6.30. The van der Waals surface area contributed by atoms with E-state index in [-0.39, 0.29) is 17.6 Å². The van der Waals surface area contributed by atoms with Crippen LogP contribution in [0.1, 0.15) is 25.1 Å². The van der Waals surface area contributed by atoms with Gasteiger partial charge in [0.2, 0.25) is 0 Å². The van der Waals surface area contributed by atoms with Crippen LogP contribution in [0.5, 0.6) is 0 Å². The van der Waals surface area contributed by atoms with Crippen LogP contribution in [0.15, 0.2) is 17.5 Å². The van der Waals surface area contributed by atoms with E-state index in [1.165, 1.54) is 4.88 Å². The average molecular weight is 226 g/mol. The first-order valence-electron chi connectivity index (χ1n) is 5.43. The first kappa shape index (κ1) is 11.1. The molecular weight excluding hydrogens is 208 g/mol. The van der Waals surface area contributed by atoms with Gasteiger partial charge in [-0.2, -0.15) is 0 Å². The number of aliphatic hydroxyl groups is 1. The lowest BCUT2D eigenvalue weighted by Gasteiger charge is -2.48. The Morgan fingerprint density at radius 1 is 1.60 bits per heavy atom. The predicted molar refractivity (Wildman–Crippen MR) is 62.2 cm³/mol. The van der Waals surface area contributed by atoms with Gasteiger partial charge in [-0.25, -0.2) is 0 Å². The molecule has 2 atom stereocenters. The molecule has 0 amide bonds. The van der Waals surface area contributed by atoms with Crippen molar-refractivity contribution in [3.63, 3.8) is 0 Å². The SMILES string of the molecule is CC1(C)C(O)CC1OCCc1cccs1. The Labute approximate surface area is 94.9 Å². The van der Waals surface area contributed by atoms with Crippen molar-refractivity contribution in [2.24, 2.45) is 5.41 Å². The van der Waals surface area contributed by atoms with Crippen molar-refractivity contribution in [1.82, 2.24) is 0 Å². The van der Waals surface area contributed by atoms with Gasteiger partial charge in [-0.1, -0.05) is 19.9 Å². The fourth-order valence-corrected chi connectivity index (χ4v) is 2.59. The van der Waals surface area contributed by atoms with E-state index in [1.807, 2.05) is 0 Å². The van der Waals surface area contributed by atoms with Gasteiger partial charge in [-0.15, -0.1) is 11.3 Å². The Morgan fingerprint density at radius 2 is 2.40 bits per heavy atom. The van der Waals surface area contributed by atoms with Crippen LogP contribution in [-0.4, -0.2) is 23.9 Å². The fourth-order valence-electron chi connectivity index (χ4n) is 1.90. The zero-order valence-electron chi connectivity index (χ0n) is 9.27. The molecule has 15 heavy (non-hydrogen) atoms. The van der Waals surface area contributed by atoms with Crippen molar-refractivity contribution in [3.8, 4) is 0 Å². The van der Waals surface area contributed by atoms with E-state index < -0.39 is 0 Å². The third kappa shape index (κ3) is 2.25. The minimum Gasteiger partial charge on any atom is -0.392 e. The van der Waals surface area contributed by atoms with Crippen molar-refractivity contribution in [2.75, 3.05) is 6.61 Å². The van der Waals surface area contributed by atoms with Crippen molar-refractivity contribution in [2.45, 2.75) is 38.9 Å². The summed E-state index contributed by atoms with van der Waals surface area (Å²) >= 11 is 1.77. The van der Waals surface area contributed by atoms with Gasteiger partial charge in [0.05, 0.1) is 18.8 Å². The fraction of sp³-hybridized carbons (Fsp3) is 0.667. The van der Waals surface area contributed by atoms with Gasteiger partial charge in [-0.3, -0.25) is 0 Å². The van der Waals surface area contributed by atoms with Crippen molar-refractivity contribution in [1.29, 1.82) is 0 Å². The van der Waals surface area contributed by atoms with Crippen molar-refractivity contribution in [3.05, 3.63) is 22.4 Å². The zero-order valence-corrected chi connectivity index (χ0v) is 10.1. The molecule has 1 aliphatic carbocycles. The lowest BCUT2D eigenvalue weighted by Crippen LogP contribution is -2.54. The molecule has 0 bridgehead atoms. The number of hydrogen-bond donors (Lipinski definition) is 1. The van der Waals surface area contributed by atoms with E-state index in [1.54, 1.807) is 11.3 Å². The van der Waals surface area contributed by atoms with Crippen LogP contribution in [0.4, 0.5) is 0 Å². The van der Waals surface area contributed by atoms with Crippen LogP contribution < -0.4 is 0 Å². The molecule has 1 aliphatic rings. The molecule has 1 N–H and O–H groups in total. The van der Waals surface area contributed by atoms with Crippen LogP contribution in [-0.2, 0) is 11.2 Å². The molecule has 2 rings (SSSR count). The summed E-state index contributed by atoms with van der Waals surface area (Å²) in [6, 6.07) is 4.20. The molecule has 0 spiro atoms. The molecule has 0 aliphatic heterocycles. The van der Waals surface area contributed by atoms with Gasteiger partial charge in [0.25, 0.3) is 0 Å². The Kier molecular flexibility index (Phi) is 3.14. The molecular formula is C12H18O2S. The second kappa shape index (κ2) is 4.24. The number of thiophene rings is 1. The van der Waals surface area contributed by atoms with Crippen molar-refractivity contribution < 1.29 is 9.84 Å². The molecule has 0 aromatic carbocycles. The van der Waals surface area contributed by atoms with Gasteiger partial charge in [0.15, 0.2) is 0 Å². The molecule has 84 valence electrons. The quantitative estimate of drug-likeness (QED) is 0.854. The number of ether oxygens (including phenoxy) is 1. The largest absolute Gasteiger partial charge is 0.392 e. The summed E-state index contributed by atoms with van der Waals surface area (Å²) in [6.45, 7) is 4.90. The molecule has 1 fully saturated rings. The van der Waals surface area contributed by atoms with E-state index in [9.17, 15) is 5.11 Å². The highest BCUT2D eigenvalue weighted by atomic mass is 32.1. The van der Waals surface area contributed by atoms with Gasteiger partial charge in [0.1, 0.15) is 0 Å². The monoisotopic (exact) mass is 226 g/mol. The standard InChI is InChI=1S/C12H18O2S/c1-12(2)10(13)8-11(12)14-6-5-9-4-3-7-15-9/h3-4,7,10-11,13H,5-6,8H2,1-2H3. The minimum atomic E-state index is -0.191. The van der Waals surface area contributed by atoms with Crippen LogP contribution in [0.3, 0.4) is 0 Å². The number of aliphatic hydroxyl groups excluding tert-OH is 1. The van der Waals surface area contributed by atoms with Crippen LogP contribution in [0, 0.1) is 5.41 Å². The predicted octanol–water partition coefficient (Wildman–Crippen LogP) is 2.47. The number of hydrogen-bond acceptors (Lipinski definition) is 3. The Hall–Kier alpha value is -0.380. The maximum atomic E-state index is 9.55. The highest BCUT2D eigenvalue weighted by Gasteiger charge is 2.47. The molecule has 1 saturated carbocycles. The van der Waals surface area contributed by atoms with Crippen LogP contribution >= 0.6 is 11.3 Å². The summed E-state index contributed by atoms with van der Waals surface area (Å²) in [5, 5.41) is 11.6. The molecule has 3 heteroatoms. The second-order valence-electron chi connectivity index (χ2n) is 4.76. The van der Waals surface area contributed by atoms with E-state index in [0.717, 1.165) is 19.4 Å². The van der Waals surface area contributed by atoms with Crippen LogP contribution in [0.25, 0.3) is 0 Å². The second-order valence-corrected chi connectivity index (χ2v) is 5.79. The summed E-state index contributed by atoms with van der Waals surface area (Å²) in [4.78, 5) is 1.37. The molecule has 0 radical (unpaired) electrons. The zero-order chi connectivity index (χ0) is 10.9. The average Bonchev–Trinajstić information content (AvgIpc) is 2.69. The van der Waals surface area contributed by atoms with Gasteiger partial charge in [-0.05, 0) is 11.4 Å². The van der Waals surface area contributed by atoms with Gasteiger partial charge >= 0.3 is 0 Å². The number of rotatable bonds is 4. The highest BCUT2D eigenvalue weighted by Crippen LogP contribution is 2.42. The van der Waals surface area contributed by atoms with Crippen molar-refractivity contribution >= 4 is 11.3 Å². The minimum absolute atomic E-state index is 0.0601. The third-order valence-corrected chi connectivity index (χ3v) is 4.31. The summed E-state index contributed by atoms with van der Waals surface area (Å²) in [5.41, 5.74) is -0.0601. The molecule has 1 aromatic heterocycles. The topological polar surface area (TPSA) is 29.5 Å². The molecule has 1 aromatic rings. The lowest BCUT2D eigenvalue weighted by molar-refractivity contribution is -0.174. The van der Waals surface area contributed by atoms with Gasteiger partial charge < -0.3 is 9.84 Å². The molecule has 0 saturated heterocycles. The van der Waals surface area contributed by atoms with Crippen LogP contribution in [0.2, 0.25) is 0 Å². The first-order chi connectivity index (χ1) is 7.10. The van der Waals surface area contributed by atoms with E-state index in [2.05, 4.69) is 31.4 Å². The summed E-state index contributed by atoms with van der Waals surface area (Å²) in [6.07, 6.45) is 1.81. The maximum absolute atomic E-state index is 9.55. The smallest absolute Gasteiger partial charge is 0.0675 e. The Balaban J connectivity index is 1.71. The molecule has 2 unspecified atom stereocenters. The summed E-state index contributed by atoms with van der Waals surface area (Å²) in [5.74, 6) is 0. The summed E-state index contributed by atoms with van der Waals surface area (Å²) in [7, 11) is 0. The Morgan fingerprint density at radius 3 is 2.93 bits per heavy atom. The molecule has 2 nitrogen and oxygen atoms in total. The third-order valence-electron chi connectivity index (χ3n) is 3.37. The van der Waals surface area contributed by atoms with E-state index >= 15 is 0 Å². The normalized spacial score (nSPS) is 28.7. The lowest BCUT2D eigenvalue weighted by atomic mass is 9.66. The maximum Gasteiger partial charge on any atom is 0.0675 e. The highest BCUT2D eigenvalue weighted by molar-refractivity contribution is 7.09. The van der Waals surface area contributed by atoms with E-state index in [4.69, 9.17) is 4.74 Å². The van der Waals surface area contributed by atoms with E-state index in [0.29, 0.717) is 0 Å². The Bertz CT molecular complexity index is 305. The molecule has 1 heterocycles.